The van der Waals surface area contributed by atoms with Gasteiger partial charge in [-0.1, -0.05) is 0 Å². The lowest BCUT2D eigenvalue weighted by Crippen LogP contribution is -2.55. The number of aliphatic carboxylic acids is 1. The lowest BCUT2D eigenvalue weighted by molar-refractivity contribution is -0.143. The smallest absolute Gasteiger partial charge is 0.305 e. The van der Waals surface area contributed by atoms with E-state index in [0.717, 1.165) is 0 Å². The van der Waals surface area contributed by atoms with Crippen molar-refractivity contribution >= 4 is 11.9 Å². The highest BCUT2D eigenvalue weighted by Crippen LogP contribution is 2.25. The lowest BCUT2D eigenvalue weighted by atomic mass is 10.1. The molecule has 21 heavy (non-hydrogen) atoms. The van der Waals surface area contributed by atoms with Crippen molar-refractivity contribution in [3.63, 3.8) is 0 Å². The zero-order valence-electron chi connectivity index (χ0n) is 11.7. The Morgan fingerprint density at radius 3 is 2.95 bits per heavy atom. The summed E-state index contributed by atoms with van der Waals surface area (Å²) in [7, 11) is 1.53. The number of carbonyl (C=O) groups is 2. The van der Waals surface area contributed by atoms with Crippen molar-refractivity contribution in [2.75, 3.05) is 20.2 Å². The summed E-state index contributed by atoms with van der Waals surface area (Å²) in [5.41, 5.74) is 0.597. The zero-order valence-corrected chi connectivity index (χ0v) is 11.7. The lowest BCUT2D eigenvalue weighted by Gasteiger charge is -2.34. The SMILES string of the molecule is COc1ccc(O)c(CN2CCNC(=O)C2CC(=O)O)c1. The van der Waals surface area contributed by atoms with E-state index in [1.165, 1.54) is 13.2 Å². The van der Waals surface area contributed by atoms with Gasteiger partial charge in [-0.25, -0.2) is 0 Å². The number of carboxylic acids is 1. The van der Waals surface area contributed by atoms with Crippen LogP contribution in [0.1, 0.15) is 12.0 Å². The van der Waals surface area contributed by atoms with Crippen LogP contribution in [0.3, 0.4) is 0 Å². The molecule has 0 bridgehead atoms. The van der Waals surface area contributed by atoms with E-state index < -0.39 is 12.0 Å². The Kier molecular flexibility index (Phi) is 4.64. The van der Waals surface area contributed by atoms with Crippen LogP contribution in [0.15, 0.2) is 18.2 Å². The number of aromatic hydroxyl groups is 1. The maximum absolute atomic E-state index is 11.8. The Balaban J connectivity index is 2.19. The van der Waals surface area contributed by atoms with Gasteiger partial charge in [0, 0.05) is 25.2 Å². The first-order chi connectivity index (χ1) is 10.0. The Morgan fingerprint density at radius 2 is 2.29 bits per heavy atom. The molecule has 0 radical (unpaired) electrons. The highest BCUT2D eigenvalue weighted by Gasteiger charge is 2.31. The second-order valence-electron chi connectivity index (χ2n) is 4.87. The van der Waals surface area contributed by atoms with Crippen LogP contribution in [0.25, 0.3) is 0 Å². The van der Waals surface area contributed by atoms with Gasteiger partial charge in [0.25, 0.3) is 0 Å². The Hall–Kier alpha value is -2.28. The van der Waals surface area contributed by atoms with Gasteiger partial charge in [-0.3, -0.25) is 14.5 Å². The molecule has 0 spiro atoms. The van der Waals surface area contributed by atoms with Gasteiger partial charge in [-0.05, 0) is 18.2 Å². The second kappa shape index (κ2) is 6.45. The number of nitrogens with zero attached hydrogens (tertiary/aromatic N) is 1. The minimum absolute atomic E-state index is 0.0934. The van der Waals surface area contributed by atoms with Crippen molar-refractivity contribution in [3.8, 4) is 11.5 Å². The van der Waals surface area contributed by atoms with E-state index in [4.69, 9.17) is 9.84 Å². The van der Waals surface area contributed by atoms with Crippen molar-refractivity contribution in [2.24, 2.45) is 0 Å². The third-order valence-corrected chi connectivity index (χ3v) is 3.47. The first-order valence-electron chi connectivity index (χ1n) is 6.60. The summed E-state index contributed by atoms with van der Waals surface area (Å²) < 4.78 is 5.11. The normalized spacial score (nSPS) is 19.1. The molecule has 1 saturated heterocycles. The number of benzene rings is 1. The third kappa shape index (κ3) is 3.63. The highest BCUT2D eigenvalue weighted by molar-refractivity contribution is 5.86. The molecule has 1 heterocycles. The molecule has 1 atom stereocenters. The molecule has 1 unspecified atom stereocenters. The monoisotopic (exact) mass is 294 g/mol. The highest BCUT2D eigenvalue weighted by atomic mass is 16.5. The van der Waals surface area contributed by atoms with Crippen LogP contribution >= 0.6 is 0 Å². The number of carbonyl (C=O) groups excluding carboxylic acids is 1. The maximum Gasteiger partial charge on any atom is 0.305 e. The number of carboxylic acid groups (broad SMARTS) is 1. The molecule has 3 N–H and O–H groups in total. The van der Waals surface area contributed by atoms with Crippen LogP contribution in [-0.4, -0.2) is 53.2 Å². The van der Waals surface area contributed by atoms with Crippen molar-refractivity contribution in [2.45, 2.75) is 19.0 Å². The van der Waals surface area contributed by atoms with E-state index in [9.17, 15) is 14.7 Å². The van der Waals surface area contributed by atoms with E-state index >= 15 is 0 Å². The summed E-state index contributed by atoms with van der Waals surface area (Å²) in [5, 5.41) is 21.5. The van der Waals surface area contributed by atoms with Crippen LogP contribution in [0.4, 0.5) is 0 Å². The molecule has 7 nitrogen and oxygen atoms in total. The van der Waals surface area contributed by atoms with Crippen molar-refractivity contribution in [1.29, 1.82) is 0 Å². The van der Waals surface area contributed by atoms with Crippen LogP contribution in [0, 0.1) is 0 Å². The largest absolute Gasteiger partial charge is 0.508 e. The number of methoxy groups -OCH3 is 1. The number of amides is 1. The van der Waals surface area contributed by atoms with Crippen molar-refractivity contribution < 1.29 is 24.5 Å². The second-order valence-corrected chi connectivity index (χ2v) is 4.87. The minimum Gasteiger partial charge on any atom is -0.508 e. The van der Waals surface area contributed by atoms with E-state index in [2.05, 4.69) is 5.32 Å². The molecule has 1 amide bonds. The molecule has 0 aromatic heterocycles. The summed E-state index contributed by atoms with van der Waals surface area (Å²) in [5.74, 6) is -0.641. The topological polar surface area (TPSA) is 99.1 Å². The molecule has 7 heteroatoms. The van der Waals surface area contributed by atoms with Gasteiger partial charge in [0.2, 0.25) is 5.91 Å². The summed E-state index contributed by atoms with van der Waals surface area (Å²) in [6.07, 6.45) is -0.267. The molecule has 0 saturated carbocycles. The number of nitrogens with one attached hydrogen (secondary N) is 1. The Labute approximate surface area is 122 Å². The third-order valence-electron chi connectivity index (χ3n) is 3.47. The fraction of sp³-hybridized carbons (Fsp3) is 0.429. The van der Waals surface area contributed by atoms with Crippen molar-refractivity contribution in [3.05, 3.63) is 23.8 Å². The summed E-state index contributed by atoms with van der Waals surface area (Å²) in [6.45, 7) is 1.27. The number of ether oxygens (including phenoxy) is 1. The van der Waals surface area contributed by atoms with Gasteiger partial charge in [-0.15, -0.1) is 0 Å². The van der Waals surface area contributed by atoms with Crippen LogP contribution in [-0.2, 0) is 16.1 Å². The fourth-order valence-corrected chi connectivity index (χ4v) is 2.37. The quantitative estimate of drug-likeness (QED) is 0.716. The molecule has 2 rings (SSSR count). The molecule has 114 valence electrons. The minimum atomic E-state index is -1.03. The van der Waals surface area contributed by atoms with E-state index in [1.807, 2.05) is 0 Å². The molecular formula is C14H18N2O5. The van der Waals surface area contributed by atoms with Crippen LogP contribution < -0.4 is 10.1 Å². The van der Waals surface area contributed by atoms with Gasteiger partial charge in [0.1, 0.15) is 17.5 Å². The number of hydrogen-bond acceptors (Lipinski definition) is 5. The van der Waals surface area contributed by atoms with Gasteiger partial charge in [0.15, 0.2) is 0 Å². The fourth-order valence-electron chi connectivity index (χ4n) is 2.37. The zero-order chi connectivity index (χ0) is 15.4. The van der Waals surface area contributed by atoms with Crippen LogP contribution in [0.2, 0.25) is 0 Å². The first-order valence-corrected chi connectivity index (χ1v) is 6.60. The average Bonchev–Trinajstić information content (AvgIpc) is 2.44. The van der Waals surface area contributed by atoms with Gasteiger partial charge in [-0.2, -0.15) is 0 Å². The molecule has 1 fully saturated rings. The molecule has 1 aromatic rings. The molecular weight excluding hydrogens is 276 g/mol. The first kappa shape index (κ1) is 15.1. The standard InChI is InChI=1S/C14H18N2O5/c1-21-10-2-3-12(17)9(6-10)8-16-5-4-15-14(20)11(16)7-13(18)19/h2-3,6,11,17H,4-5,7-8H2,1H3,(H,15,20)(H,18,19). The van der Waals surface area contributed by atoms with Gasteiger partial charge >= 0.3 is 5.97 Å². The van der Waals surface area contributed by atoms with Crippen molar-refractivity contribution in [1.82, 2.24) is 10.2 Å². The summed E-state index contributed by atoms with van der Waals surface area (Å²) >= 11 is 0. The van der Waals surface area contributed by atoms with E-state index in [1.54, 1.807) is 17.0 Å². The predicted octanol–water partition coefficient (Wildman–Crippen LogP) is 0.176. The molecule has 0 aliphatic carbocycles. The molecule has 1 aliphatic heterocycles. The molecule has 1 aliphatic rings. The number of phenolic OH excluding ortho intramolecular Hbond substituents is 1. The number of rotatable bonds is 5. The predicted molar refractivity (Wildman–Crippen MR) is 74.1 cm³/mol. The number of hydrogen-bond donors (Lipinski definition) is 3. The molecule has 1 aromatic carbocycles. The number of piperazine rings is 1. The summed E-state index contributed by atoms with van der Waals surface area (Å²) in [4.78, 5) is 24.5. The average molecular weight is 294 g/mol. The Bertz CT molecular complexity index is 546. The Morgan fingerprint density at radius 1 is 1.52 bits per heavy atom. The van der Waals surface area contributed by atoms with E-state index in [-0.39, 0.29) is 24.6 Å². The maximum atomic E-state index is 11.8. The number of phenols is 1. The summed E-state index contributed by atoms with van der Waals surface area (Å²) in [6, 6.07) is 4.10. The van der Waals surface area contributed by atoms with Crippen LogP contribution in [0.5, 0.6) is 11.5 Å². The van der Waals surface area contributed by atoms with Gasteiger partial charge in [0.05, 0.1) is 13.5 Å². The van der Waals surface area contributed by atoms with Gasteiger partial charge < -0.3 is 20.3 Å². The van der Waals surface area contributed by atoms with E-state index in [0.29, 0.717) is 24.4 Å².